The number of fused-ring (bicyclic) bond motifs is 11. The maximum Gasteiger partial charge on any atom is 0.0907 e. The molecule has 22 rings (SSSR count). The number of pyridine rings is 1. The van der Waals surface area contributed by atoms with Gasteiger partial charge in [0, 0.05) is 41.6 Å². The Hall–Kier alpha value is -10.0. The van der Waals surface area contributed by atoms with Crippen LogP contribution in [0.3, 0.4) is 0 Å². The number of aromatic nitrogens is 6. The molecule has 0 bridgehead atoms. The molecule has 14 heteroatoms. The Labute approximate surface area is 831 Å². The Morgan fingerprint density at radius 3 is 1.39 bits per heavy atom. The van der Waals surface area contributed by atoms with Crippen molar-refractivity contribution >= 4 is 146 Å². The molecule has 2 aliphatic carbocycles. The summed E-state index contributed by atoms with van der Waals surface area (Å²) in [6, 6.07) is 78.6. The third-order valence-corrected chi connectivity index (χ3v) is 30.9. The predicted octanol–water partition coefficient (Wildman–Crippen LogP) is 36.9. The van der Waals surface area contributed by atoms with E-state index in [0.717, 1.165) is 57.2 Å². The number of hydrogen-bond acceptors (Lipinski definition) is 14. The SMILES string of the molecule is CC(C)c1ccc2c(c1)CCC2.CC(C)c1ccc2c(c1)CNC2.CC(C)c1ccc2cccnc2c1.CC(C)c1ccc2ncsc2c1.CC(C)c1ccc2sccc2c1.CC(C)c1cccc2c1CCC2.CC(C)c1cccc2c1CCN2.CC(C)c1cccc2ncsc12.CC(C)c1cccc2scnc12.Cc1nc2cccc(C(C)C)c2s1.Cc1nc2cccc(C(C)C)c2s1. The van der Waals surface area contributed by atoms with Crippen LogP contribution in [0.5, 0.6) is 0 Å². The standard InChI is InChI=1S/C12H13N.2C12H16.2C11H13NS.2C11H15N.C11H12S.3C10H11NS/c1-9(2)11-6-5-10-4-3-7-13-12(10)8-11;1-9(2)11-7-3-5-10-6-4-8-12(10)11;1-9(2)11-7-6-10-4-3-5-12(10)8-11;2*1-7(2)9-5-4-6-10-11(9)13-8(3)12-10;1-8(2)9-3-4-10-6-12-7-11(10)5-9;1-8(2)9-4-3-5-11-10(9)6-7-12-11;1-8(2)9-3-4-11-10(7-9)5-6-12-11;1-7(2)8-3-4-9-10(5-8)12-6-11-9;1-7(2)8-4-3-5-9-10(8)11-6-12-9;1-7(2)8-4-3-5-9-10(8)12-6-11-9/h3-9H,1-2H3;3,5,7,9H,4,6,8H2,1-2H3;6-9H,3-5H2,1-2H3;2*4-7H,1-3H3;2*3-5,8,12H,6-7H2,1-2H3;3-8H,1-2H3;3*3-7H,1-2H3. The highest BCUT2D eigenvalue weighted by molar-refractivity contribution is 7.19. The monoisotopic (exact) mass is 1900 g/mol. The topological polar surface area (TPSA) is 101 Å². The first-order valence-electron chi connectivity index (χ1n) is 49.3. The Balaban J connectivity index is 0.000000134. The molecule has 135 heavy (non-hydrogen) atoms. The number of thiazole rings is 5. The van der Waals surface area contributed by atoms with E-state index in [9.17, 15) is 0 Å². The van der Waals surface area contributed by atoms with Crippen molar-refractivity contribution in [2.75, 3.05) is 11.9 Å². The summed E-state index contributed by atoms with van der Waals surface area (Å²) in [7, 11) is 0. The second-order valence-electron chi connectivity index (χ2n) is 39.3. The van der Waals surface area contributed by atoms with Crippen LogP contribution in [0.1, 0.15) is 340 Å². The summed E-state index contributed by atoms with van der Waals surface area (Å²) in [5.41, 5.74) is 40.6. The normalized spacial score (nSPS) is 12.6. The molecule has 11 aromatic carbocycles. The van der Waals surface area contributed by atoms with Crippen molar-refractivity contribution in [3.8, 4) is 0 Å². The lowest BCUT2D eigenvalue weighted by Crippen LogP contribution is -1.99. The fourth-order valence-electron chi connectivity index (χ4n) is 17.6. The van der Waals surface area contributed by atoms with E-state index in [2.05, 4.69) is 424 Å². The largest absolute Gasteiger partial charge is 0.384 e. The number of hydrogen-bond donors (Lipinski definition) is 2. The van der Waals surface area contributed by atoms with Gasteiger partial charge in [0.25, 0.3) is 0 Å². The van der Waals surface area contributed by atoms with Gasteiger partial charge in [0.1, 0.15) is 0 Å². The lowest BCUT2D eigenvalue weighted by molar-refractivity contribution is 0.764. The molecule has 0 fully saturated rings. The first-order chi connectivity index (χ1) is 64.9. The van der Waals surface area contributed by atoms with Crippen LogP contribution in [0, 0.1) is 13.8 Å². The molecule has 2 aliphatic heterocycles. The van der Waals surface area contributed by atoms with E-state index in [0.29, 0.717) is 65.1 Å². The smallest absolute Gasteiger partial charge is 0.0907 e. The molecule has 0 atom stereocenters. The summed E-state index contributed by atoms with van der Waals surface area (Å²) in [4.78, 5) is 26.2. The number of thiophene rings is 1. The van der Waals surface area contributed by atoms with Gasteiger partial charge in [-0.25, -0.2) is 24.9 Å². The van der Waals surface area contributed by atoms with Crippen molar-refractivity contribution in [1.82, 2.24) is 35.2 Å². The van der Waals surface area contributed by atoms with Gasteiger partial charge in [0.2, 0.25) is 0 Å². The van der Waals surface area contributed by atoms with E-state index in [4.69, 9.17) is 0 Å². The van der Waals surface area contributed by atoms with Gasteiger partial charge in [0.05, 0.1) is 83.1 Å². The van der Waals surface area contributed by atoms with Crippen molar-refractivity contribution in [3.05, 3.63) is 357 Å². The zero-order chi connectivity index (χ0) is 96.5. The predicted molar refractivity (Wildman–Crippen MR) is 599 cm³/mol. The van der Waals surface area contributed by atoms with Gasteiger partial charge in [-0.1, -0.05) is 304 Å². The summed E-state index contributed by atoms with van der Waals surface area (Å²) >= 11 is 10.5. The van der Waals surface area contributed by atoms with Gasteiger partial charge in [-0.2, -0.15) is 0 Å². The molecular formula is C121H146N8S6. The summed E-state index contributed by atoms with van der Waals surface area (Å²) in [5.74, 6) is 6.82. The van der Waals surface area contributed by atoms with Crippen molar-refractivity contribution in [2.24, 2.45) is 0 Å². The summed E-state index contributed by atoms with van der Waals surface area (Å²) in [6.07, 6.45) is 11.0. The first kappa shape index (κ1) is 104. The maximum absolute atomic E-state index is 4.47. The molecule has 4 aliphatic rings. The fraction of sp³-hybridized carbons (Fsp3) is 0.372. The molecule has 0 spiro atoms. The van der Waals surface area contributed by atoms with Gasteiger partial charge in [-0.3, -0.25) is 4.98 Å². The van der Waals surface area contributed by atoms with Gasteiger partial charge in [-0.05, 0) is 302 Å². The van der Waals surface area contributed by atoms with E-state index in [1.54, 1.807) is 84.5 Å². The minimum absolute atomic E-state index is 0.566. The highest BCUT2D eigenvalue weighted by Gasteiger charge is 2.20. The average Bonchev–Trinajstić information content (AvgIpc) is 1.66. The summed E-state index contributed by atoms with van der Waals surface area (Å²) in [6.45, 7) is 56.4. The van der Waals surface area contributed by atoms with Crippen molar-refractivity contribution in [2.45, 2.75) is 289 Å². The van der Waals surface area contributed by atoms with Crippen molar-refractivity contribution < 1.29 is 0 Å². The molecule has 7 aromatic heterocycles. The molecule has 8 nitrogen and oxygen atoms in total. The number of nitrogens with one attached hydrogen (secondary N) is 2. The molecule has 18 aromatic rings. The zero-order valence-corrected chi connectivity index (χ0v) is 89.6. The van der Waals surface area contributed by atoms with E-state index in [1.165, 1.54) is 167 Å². The molecule has 0 saturated carbocycles. The third kappa shape index (κ3) is 28.6. The Bertz CT molecular complexity index is 6410. The zero-order valence-electron chi connectivity index (χ0n) is 84.7. The van der Waals surface area contributed by atoms with Crippen LogP contribution in [0.15, 0.2) is 246 Å². The van der Waals surface area contributed by atoms with Gasteiger partial charge >= 0.3 is 0 Å². The second kappa shape index (κ2) is 50.4. The first-order valence-corrected chi connectivity index (χ1v) is 54.4. The molecule has 0 unspecified atom stereocenters. The van der Waals surface area contributed by atoms with Crippen LogP contribution in [-0.2, 0) is 45.2 Å². The Morgan fingerprint density at radius 2 is 0.756 bits per heavy atom. The molecule has 0 amide bonds. The number of aryl methyl sites for hydroxylation is 5. The Morgan fingerprint density at radius 1 is 0.281 bits per heavy atom. The van der Waals surface area contributed by atoms with Crippen molar-refractivity contribution in [3.63, 3.8) is 0 Å². The minimum Gasteiger partial charge on any atom is -0.384 e. The maximum atomic E-state index is 4.47. The summed E-state index contributed by atoms with van der Waals surface area (Å²) < 4.78 is 8.03. The number of rotatable bonds is 11. The number of anilines is 1. The molecule has 9 heterocycles. The highest BCUT2D eigenvalue weighted by atomic mass is 32.1. The van der Waals surface area contributed by atoms with Gasteiger partial charge in [-0.15, -0.1) is 68.0 Å². The highest BCUT2D eigenvalue weighted by Crippen LogP contribution is 2.37. The quantitative estimate of drug-likeness (QED) is 0.132. The molecule has 0 radical (unpaired) electrons. The minimum atomic E-state index is 0.566. The van der Waals surface area contributed by atoms with E-state index >= 15 is 0 Å². The number of nitrogens with zero attached hydrogens (tertiary/aromatic N) is 6. The van der Waals surface area contributed by atoms with Crippen LogP contribution in [0.2, 0.25) is 0 Å². The van der Waals surface area contributed by atoms with Gasteiger partial charge in [0.15, 0.2) is 0 Å². The number of benzene rings is 11. The van der Waals surface area contributed by atoms with Crippen molar-refractivity contribution in [1.29, 1.82) is 0 Å². The van der Waals surface area contributed by atoms with E-state index < -0.39 is 0 Å². The van der Waals surface area contributed by atoms with Crippen LogP contribution in [-0.4, -0.2) is 36.4 Å². The molecular weight excluding hydrogens is 1760 g/mol. The van der Waals surface area contributed by atoms with Crippen LogP contribution in [0.25, 0.3) is 72.1 Å². The average molecular weight is 1900 g/mol. The van der Waals surface area contributed by atoms with Gasteiger partial charge < -0.3 is 10.6 Å². The fourth-order valence-corrected chi connectivity index (χ4v) is 22.9. The van der Waals surface area contributed by atoms with E-state index in [1.807, 2.05) is 40.1 Å². The molecule has 0 saturated heterocycles. The van der Waals surface area contributed by atoms with Crippen LogP contribution >= 0.6 is 68.0 Å². The lowest BCUT2D eigenvalue weighted by Gasteiger charge is -2.10. The van der Waals surface area contributed by atoms with E-state index in [-0.39, 0.29) is 0 Å². The lowest BCUT2D eigenvalue weighted by atomic mass is 9.95. The molecule has 2 N–H and O–H groups in total. The molecule has 706 valence electrons. The Kier molecular flexibility index (Phi) is 38.8. The second-order valence-corrected chi connectivity index (χ2v) is 45.3. The number of para-hydroxylation sites is 1. The third-order valence-electron chi connectivity index (χ3n) is 25.5. The summed E-state index contributed by atoms with van der Waals surface area (Å²) in [5, 5.41) is 13.8. The van der Waals surface area contributed by atoms with Crippen LogP contribution < -0.4 is 10.6 Å². The van der Waals surface area contributed by atoms with Crippen LogP contribution in [0.4, 0.5) is 5.69 Å².